The predicted octanol–water partition coefficient (Wildman–Crippen LogP) is 1.64. The molecule has 0 unspecified atom stereocenters. The third-order valence-corrected chi connectivity index (χ3v) is 2.56. The molecule has 0 saturated heterocycles. The lowest BCUT2D eigenvalue weighted by atomic mass is 10.1. The Kier molecular flexibility index (Phi) is 4.63. The van der Waals surface area contributed by atoms with E-state index in [4.69, 9.17) is 15.7 Å². The largest absolute Gasteiger partial charge is 0.497 e. The van der Waals surface area contributed by atoms with Crippen molar-refractivity contribution in [2.24, 2.45) is 10.9 Å². The van der Waals surface area contributed by atoms with Gasteiger partial charge in [-0.25, -0.2) is 0 Å². The van der Waals surface area contributed by atoms with Crippen molar-refractivity contribution >= 4 is 11.5 Å². The van der Waals surface area contributed by atoms with Gasteiger partial charge >= 0.3 is 0 Å². The second-order valence-electron chi connectivity index (χ2n) is 3.79. The molecule has 0 spiro atoms. The summed E-state index contributed by atoms with van der Waals surface area (Å²) in [6, 6.07) is 5.45. The number of hydrogen-bond acceptors (Lipinski definition) is 4. The van der Waals surface area contributed by atoms with Gasteiger partial charge in [0.25, 0.3) is 0 Å². The molecular formula is C12H19N3O2. The third kappa shape index (κ3) is 3.03. The molecular weight excluding hydrogens is 218 g/mol. The molecule has 1 aromatic carbocycles. The summed E-state index contributed by atoms with van der Waals surface area (Å²) in [6.07, 6.45) is 1.02. The molecule has 0 fully saturated rings. The van der Waals surface area contributed by atoms with Crippen molar-refractivity contribution < 1.29 is 9.94 Å². The molecule has 0 aliphatic rings. The van der Waals surface area contributed by atoms with E-state index in [1.54, 1.807) is 19.2 Å². The standard InChI is InChI=1S/C12H19N3O2/c1-4-7-15(2)11-8-9(17-3)5-6-10(11)12(13)14-16/h5-6,8,16H,4,7H2,1-3H3,(H2,13,14). The van der Waals surface area contributed by atoms with E-state index in [1.807, 2.05) is 13.1 Å². The van der Waals surface area contributed by atoms with Gasteiger partial charge in [0.2, 0.25) is 0 Å². The maximum absolute atomic E-state index is 8.76. The van der Waals surface area contributed by atoms with Crippen LogP contribution in [-0.2, 0) is 0 Å². The van der Waals surface area contributed by atoms with Crippen molar-refractivity contribution in [2.45, 2.75) is 13.3 Å². The zero-order valence-corrected chi connectivity index (χ0v) is 10.5. The second kappa shape index (κ2) is 5.98. The SMILES string of the molecule is CCCN(C)c1cc(OC)ccc1/C(N)=N/O. The summed E-state index contributed by atoms with van der Waals surface area (Å²) in [4.78, 5) is 2.05. The molecule has 17 heavy (non-hydrogen) atoms. The number of anilines is 1. The van der Waals surface area contributed by atoms with E-state index in [-0.39, 0.29) is 5.84 Å². The number of amidine groups is 1. The predicted molar refractivity (Wildman–Crippen MR) is 69.1 cm³/mol. The maximum Gasteiger partial charge on any atom is 0.172 e. The van der Waals surface area contributed by atoms with Gasteiger partial charge in [0.1, 0.15) is 5.75 Å². The molecule has 0 amide bonds. The molecule has 0 heterocycles. The maximum atomic E-state index is 8.76. The first kappa shape index (κ1) is 13.2. The number of hydrogen-bond donors (Lipinski definition) is 2. The Morgan fingerprint density at radius 1 is 1.53 bits per heavy atom. The van der Waals surface area contributed by atoms with Crippen LogP contribution in [0, 0.1) is 0 Å². The number of nitrogens with zero attached hydrogens (tertiary/aromatic N) is 2. The van der Waals surface area contributed by atoms with E-state index in [0.29, 0.717) is 5.56 Å². The fourth-order valence-electron chi connectivity index (χ4n) is 1.68. The molecule has 0 aliphatic carbocycles. The van der Waals surface area contributed by atoms with Crippen LogP contribution < -0.4 is 15.4 Å². The lowest BCUT2D eigenvalue weighted by Crippen LogP contribution is -2.23. The van der Waals surface area contributed by atoms with Crippen molar-refractivity contribution in [3.8, 4) is 5.75 Å². The normalized spacial score (nSPS) is 11.4. The van der Waals surface area contributed by atoms with Gasteiger partial charge in [0, 0.05) is 25.2 Å². The van der Waals surface area contributed by atoms with E-state index in [1.165, 1.54) is 0 Å². The number of methoxy groups -OCH3 is 1. The summed E-state index contributed by atoms with van der Waals surface area (Å²) in [7, 11) is 3.58. The molecule has 3 N–H and O–H groups in total. The van der Waals surface area contributed by atoms with E-state index in [2.05, 4.69) is 17.0 Å². The van der Waals surface area contributed by atoms with Crippen molar-refractivity contribution in [2.75, 3.05) is 25.6 Å². The van der Waals surface area contributed by atoms with Crippen molar-refractivity contribution in [1.29, 1.82) is 0 Å². The fourth-order valence-corrected chi connectivity index (χ4v) is 1.68. The highest BCUT2D eigenvalue weighted by atomic mass is 16.5. The van der Waals surface area contributed by atoms with Crippen LogP contribution in [0.5, 0.6) is 5.75 Å². The zero-order valence-electron chi connectivity index (χ0n) is 10.5. The lowest BCUT2D eigenvalue weighted by molar-refractivity contribution is 0.318. The van der Waals surface area contributed by atoms with Crippen molar-refractivity contribution in [1.82, 2.24) is 0 Å². The smallest absolute Gasteiger partial charge is 0.172 e. The van der Waals surface area contributed by atoms with Gasteiger partial charge in [0.05, 0.1) is 12.8 Å². The minimum Gasteiger partial charge on any atom is -0.497 e. The van der Waals surface area contributed by atoms with Crippen LogP contribution in [0.3, 0.4) is 0 Å². The monoisotopic (exact) mass is 237 g/mol. The molecule has 0 aromatic heterocycles. The van der Waals surface area contributed by atoms with Crippen LogP contribution in [0.2, 0.25) is 0 Å². The van der Waals surface area contributed by atoms with E-state index in [0.717, 1.165) is 24.4 Å². The number of oxime groups is 1. The Balaban J connectivity index is 3.20. The average molecular weight is 237 g/mol. The van der Waals surface area contributed by atoms with Gasteiger partial charge in [-0.2, -0.15) is 0 Å². The Morgan fingerprint density at radius 3 is 2.76 bits per heavy atom. The number of benzene rings is 1. The van der Waals surface area contributed by atoms with Crippen molar-refractivity contribution in [3.63, 3.8) is 0 Å². The molecule has 0 bridgehead atoms. The zero-order chi connectivity index (χ0) is 12.8. The van der Waals surface area contributed by atoms with Crippen molar-refractivity contribution in [3.05, 3.63) is 23.8 Å². The third-order valence-electron chi connectivity index (χ3n) is 2.56. The highest BCUT2D eigenvalue weighted by Crippen LogP contribution is 2.25. The quantitative estimate of drug-likeness (QED) is 0.353. The fraction of sp³-hybridized carbons (Fsp3) is 0.417. The molecule has 0 radical (unpaired) electrons. The first-order valence-electron chi connectivity index (χ1n) is 5.51. The summed E-state index contributed by atoms with van der Waals surface area (Å²) in [5, 5.41) is 11.8. The van der Waals surface area contributed by atoms with Gasteiger partial charge in [-0.15, -0.1) is 0 Å². The van der Waals surface area contributed by atoms with Gasteiger partial charge in [0.15, 0.2) is 5.84 Å². The molecule has 0 atom stereocenters. The van der Waals surface area contributed by atoms with Crippen LogP contribution in [0.1, 0.15) is 18.9 Å². The highest BCUT2D eigenvalue weighted by molar-refractivity contribution is 6.02. The van der Waals surface area contributed by atoms with Crippen LogP contribution in [0.25, 0.3) is 0 Å². The minimum absolute atomic E-state index is 0.102. The van der Waals surface area contributed by atoms with E-state index >= 15 is 0 Å². The average Bonchev–Trinajstić information content (AvgIpc) is 2.37. The summed E-state index contributed by atoms with van der Waals surface area (Å²) in [5.74, 6) is 0.850. The van der Waals surface area contributed by atoms with Crippen LogP contribution in [0.4, 0.5) is 5.69 Å². The summed E-state index contributed by atoms with van der Waals surface area (Å²) in [5.41, 5.74) is 7.24. The molecule has 94 valence electrons. The first-order chi connectivity index (χ1) is 8.13. The van der Waals surface area contributed by atoms with Crippen LogP contribution in [-0.4, -0.2) is 31.7 Å². The molecule has 5 nitrogen and oxygen atoms in total. The van der Waals surface area contributed by atoms with Gasteiger partial charge in [-0.05, 0) is 18.6 Å². The second-order valence-corrected chi connectivity index (χ2v) is 3.79. The van der Waals surface area contributed by atoms with Gasteiger partial charge < -0.3 is 20.6 Å². The number of rotatable bonds is 5. The number of nitrogens with two attached hydrogens (primary N) is 1. The van der Waals surface area contributed by atoms with Crippen LogP contribution >= 0.6 is 0 Å². The van der Waals surface area contributed by atoms with E-state index in [9.17, 15) is 0 Å². The summed E-state index contributed by atoms with van der Waals surface area (Å²) in [6.45, 7) is 2.98. The molecule has 1 rings (SSSR count). The Morgan fingerprint density at radius 2 is 2.24 bits per heavy atom. The molecule has 0 aliphatic heterocycles. The van der Waals surface area contributed by atoms with E-state index < -0.39 is 0 Å². The molecule has 5 heteroatoms. The van der Waals surface area contributed by atoms with Gasteiger partial charge in [-0.1, -0.05) is 12.1 Å². The Labute approximate surface area is 101 Å². The minimum atomic E-state index is 0.102. The molecule has 0 saturated carbocycles. The highest BCUT2D eigenvalue weighted by Gasteiger charge is 2.11. The summed E-state index contributed by atoms with van der Waals surface area (Å²) >= 11 is 0. The lowest BCUT2D eigenvalue weighted by Gasteiger charge is -2.22. The first-order valence-corrected chi connectivity index (χ1v) is 5.51. The topological polar surface area (TPSA) is 71.1 Å². The van der Waals surface area contributed by atoms with Gasteiger partial charge in [-0.3, -0.25) is 0 Å². The Bertz CT molecular complexity index is 405. The summed E-state index contributed by atoms with van der Waals surface area (Å²) < 4.78 is 5.18. The Hall–Kier alpha value is -1.91. The number of ether oxygens (including phenoxy) is 1. The van der Waals surface area contributed by atoms with Crippen LogP contribution in [0.15, 0.2) is 23.4 Å². The molecule has 1 aromatic rings.